The second-order valence-corrected chi connectivity index (χ2v) is 9.54. The summed E-state index contributed by atoms with van der Waals surface area (Å²) in [5.74, 6) is 0.816. The van der Waals surface area contributed by atoms with Gasteiger partial charge in [-0.1, -0.05) is 54.5 Å². The fourth-order valence-electron chi connectivity index (χ4n) is 4.14. The van der Waals surface area contributed by atoms with Gasteiger partial charge < -0.3 is 19.9 Å². The molecular weight excluding hydrogens is 492 g/mol. The van der Waals surface area contributed by atoms with Crippen molar-refractivity contribution in [1.29, 1.82) is 0 Å². The van der Waals surface area contributed by atoms with E-state index in [1.54, 1.807) is 26.0 Å². The van der Waals surface area contributed by atoms with Gasteiger partial charge in [0.2, 0.25) is 5.82 Å². The molecule has 0 aliphatic carbocycles. The van der Waals surface area contributed by atoms with Crippen LogP contribution in [-0.2, 0) is 16.0 Å². The molecule has 3 aromatic carbocycles. The first-order valence-electron chi connectivity index (χ1n) is 13.2. The predicted octanol–water partition coefficient (Wildman–Crippen LogP) is 5.77. The summed E-state index contributed by atoms with van der Waals surface area (Å²) in [5.41, 5.74) is 4.51. The van der Waals surface area contributed by atoms with Crippen molar-refractivity contribution in [2.75, 3.05) is 18.5 Å². The van der Waals surface area contributed by atoms with E-state index in [9.17, 15) is 9.59 Å². The molecule has 1 unspecified atom stereocenters. The lowest BCUT2D eigenvalue weighted by molar-refractivity contribution is -0.144. The molecule has 8 nitrogen and oxygen atoms in total. The first-order chi connectivity index (χ1) is 18.9. The maximum absolute atomic E-state index is 12.4. The van der Waals surface area contributed by atoms with E-state index in [1.165, 1.54) is 5.56 Å². The molecule has 1 heterocycles. The number of carbonyl (C=O) groups is 2. The van der Waals surface area contributed by atoms with Crippen molar-refractivity contribution in [3.8, 4) is 22.8 Å². The van der Waals surface area contributed by atoms with Crippen molar-refractivity contribution in [2.45, 2.75) is 39.7 Å². The highest BCUT2D eigenvalue weighted by Gasteiger charge is 2.17. The van der Waals surface area contributed by atoms with Crippen LogP contribution in [0.4, 0.5) is 5.69 Å². The van der Waals surface area contributed by atoms with E-state index in [2.05, 4.69) is 39.8 Å². The van der Waals surface area contributed by atoms with Gasteiger partial charge in [0, 0.05) is 28.9 Å². The Morgan fingerprint density at radius 2 is 1.64 bits per heavy atom. The van der Waals surface area contributed by atoms with Crippen LogP contribution in [-0.4, -0.2) is 41.2 Å². The quantitative estimate of drug-likeness (QED) is 0.226. The third-order valence-corrected chi connectivity index (χ3v) is 6.34. The Kier molecular flexibility index (Phi) is 9.45. The fraction of sp³-hybridized carbons (Fsp3) is 0.290. The normalized spacial score (nSPS) is 12.4. The number of hydrogen-bond donors (Lipinski definition) is 2. The minimum atomic E-state index is -0.695. The summed E-state index contributed by atoms with van der Waals surface area (Å²) in [6.07, 6.45) is 1.95. The summed E-state index contributed by atoms with van der Waals surface area (Å²) in [4.78, 5) is 28.6. The Morgan fingerprint density at radius 1 is 0.923 bits per heavy atom. The topological polar surface area (TPSA) is 106 Å². The fourth-order valence-corrected chi connectivity index (χ4v) is 4.14. The third-order valence-electron chi connectivity index (χ3n) is 6.34. The molecule has 4 rings (SSSR count). The van der Waals surface area contributed by atoms with Gasteiger partial charge in [0.05, 0.1) is 6.61 Å². The number of aromatic nitrogens is 2. The van der Waals surface area contributed by atoms with Crippen molar-refractivity contribution in [3.05, 3.63) is 90.0 Å². The number of esters is 1. The van der Waals surface area contributed by atoms with Gasteiger partial charge in [-0.15, -0.1) is 0 Å². The number of benzene rings is 3. The van der Waals surface area contributed by atoms with Gasteiger partial charge in [0.25, 0.3) is 11.8 Å². The standard InChI is InChI=1S/C31H34N4O4/c1-4-38-31(37)22(3)33-29(36)25-14-16-27(17-15-25)32-19-18-21(2)20-23-10-12-24(13-11-23)28-34-30(39-35-28)26-8-6-5-7-9-26/h5-17,21-22,32H,4,18-20H2,1-3H3,(H,33,36)/t21?,22-/m1/s1. The van der Waals surface area contributed by atoms with E-state index in [0.29, 0.717) is 23.2 Å². The number of amides is 1. The van der Waals surface area contributed by atoms with Crippen molar-refractivity contribution in [1.82, 2.24) is 15.5 Å². The molecule has 0 saturated carbocycles. The molecule has 39 heavy (non-hydrogen) atoms. The van der Waals surface area contributed by atoms with Crippen molar-refractivity contribution < 1.29 is 18.8 Å². The summed E-state index contributed by atoms with van der Waals surface area (Å²) in [7, 11) is 0. The SMILES string of the molecule is CCOC(=O)[C@@H](C)NC(=O)c1ccc(NCCC(C)Cc2ccc(-c3noc(-c4ccccc4)n3)cc2)cc1. The highest BCUT2D eigenvalue weighted by Crippen LogP contribution is 2.23. The summed E-state index contributed by atoms with van der Waals surface area (Å²) in [6.45, 7) is 6.67. The Morgan fingerprint density at radius 3 is 2.33 bits per heavy atom. The molecule has 0 radical (unpaired) electrons. The Hall–Kier alpha value is -4.46. The average Bonchev–Trinajstić information content (AvgIpc) is 3.45. The van der Waals surface area contributed by atoms with Gasteiger partial charge in [-0.2, -0.15) is 4.98 Å². The number of anilines is 1. The average molecular weight is 527 g/mol. The maximum atomic E-state index is 12.4. The van der Waals surface area contributed by atoms with Crippen LogP contribution in [0.1, 0.15) is 43.1 Å². The number of ether oxygens (including phenoxy) is 1. The Bertz CT molecular complexity index is 1350. The molecule has 0 bridgehead atoms. The number of carbonyl (C=O) groups excluding carboxylic acids is 2. The van der Waals surface area contributed by atoms with Crippen LogP contribution in [0.25, 0.3) is 22.8 Å². The van der Waals surface area contributed by atoms with Gasteiger partial charge in [-0.05, 0) is 74.6 Å². The van der Waals surface area contributed by atoms with E-state index in [0.717, 1.165) is 36.2 Å². The van der Waals surface area contributed by atoms with Crippen LogP contribution < -0.4 is 10.6 Å². The molecule has 0 aliphatic heterocycles. The van der Waals surface area contributed by atoms with Gasteiger partial charge in [0.1, 0.15) is 6.04 Å². The van der Waals surface area contributed by atoms with Crippen molar-refractivity contribution in [3.63, 3.8) is 0 Å². The molecule has 0 aliphatic rings. The minimum absolute atomic E-state index is 0.280. The lowest BCUT2D eigenvalue weighted by Crippen LogP contribution is -2.39. The summed E-state index contributed by atoms with van der Waals surface area (Å²) < 4.78 is 10.4. The van der Waals surface area contributed by atoms with E-state index in [4.69, 9.17) is 9.26 Å². The largest absolute Gasteiger partial charge is 0.464 e. The predicted molar refractivity (Wildman–Crippen MR) is 151 cm³/mol. The van der Waals surface area contributed by atoms with Crippen LogP contribution >= 0.6 is 0 Å². The zero-order valence-corrected chi connectivity index (χ0v) is 22.5. The van der Waals surface area contributed by atoms with Crippen LogP contribution in [0.3, 0.4) is 0 Å². The smallest absolute Gasteiger partial charge is 0.328 e. The molecule has 0 fully saturated rings. The van der Waals surface area contributed by atoms with E-state index in [1.807, 2.05) is 54.6 Å². The number of nitrogens with one attached hydrogen (secondary N) is 2. The molecule has 2 atom stereocenters. The molecular formula is C31H34N4O4. The molecule has 0 spiro atoms. The summed E-state index contributed by atoms with van der Waals surface area (Å²) in [6, 6.07) is 24.6. The minimum Gasteiger partial charge on any atom is -0.464 e. The van der Waals surface area contributed by atoms with Crippen molar-refractivity contribution in [2.24, 2.45) is 5.92 Å². The number of hydrogen-bond acceptors (Lipinski definition) is 7. The molecule has 8 heteroatoms. The Balaban J connectivity index is 1.21. The van der Waals surface area contributed by atoms with E-state index >= 15 is 0 Å². The number of rotatable bonds is 12. The molecule has 0 saturated heterocycles. The second-order valence-electron chi connectivity index (χ2n) is 9.54. The highest BCUT2D eigenvalue weighted by atomic mass is 16.5. The lowest BCUT2D eigenvalue weighted by Gasteiger charge is -2.14. The van der Waals surface area contributed by atoms with Crippen LogP contribution in [0.2, 0.25) is 0 Å². The van der Waals surface area contributed by atoms with Gasteiger partial charge in [-0.25, -0.2) is 4.79 Å². The zero-order chi connectivity index (χ0) is 27.6. The van der Waals surface area contributed by atoms with Crippen molar-refractivity contribution >= 4 is 17.6 Å². The lowest BCUT2D eigenvalue weighted by atomic mass is 9.97. The molecule has 1 amide bonds. The maximum Gasteiger partial charge on any atom is 0.328 e. The van der Waals surface area contributed by atoms with Gasteiger partial charge in [-0.3, -0.25) is 4.79 Å². The third kappa shape index (κ3) is 7.77. The molecule has 1 aromatic heterocycles. The van der Waals surface area contributed by atoms with Crippen LogP contribution in [0.15, 0.2) is 83.4 Å². The first-order valence-corrected chi connectivity index (χ1v) is 13.2. The number of nitrogens with zero attached hydrogens (tertiary/aromatic N) is 2. The summed E-state index contributed by atoms with van der Waals surface area (Å²) >= 11 is 0. The van der Waals surface area contributed by atoms with Crippen LogP contribution in [0.5, 0.6) is 0 Å². The zero-order valence-electron chi connectivity index (χ0n) is 22.5. The molecule has 4 aromatic rings. The van der Waals surface area contributed by atoms with Gasteiger partial charge in [0.15, 0.2) is 0 Å². The highest BCUT2D eigenvalue weighted by molar-refractivity contribution is 5.96. The monoisotopic (exact) mass is 526 g/mol. The molecule has 202 valence electrons. The first kappa shape index (κ1) is 27.6. The van der Waals surface area contributed by atoms with E-state index < -0.39 is 12.0 Å². The van der Waals surface area contributed by atoms with E-state index in [-0.39, 0.29) is 12.5 Å². The summed E-state index contributed by atoms with van der Waals surface area (Å²) in [5, 5.41) is 10.2. The Labute approximate surface area is 228 Å². The second kappa shape index (κ2) is 13.4. The molecule has 2 N–H and O–H groups in total. The van der Waals surface area contributed by atoms with Crippen LogP contribution in [0, 0.1) is 5.92 Å². The van der Waals surface area contributed by atoms with Gasteiger partial charge >= 0.3 is 5.97 Å².